The average molecular weight is 441 g/mol. The second-order valence-corrected chi connectivity index (χ2v) is 8.86. The van der Waals surface area contributed by atoms with E-state index >= 15 is 0 Å². The summed E-state index contributed by atoms with van der Waals surface area (Å²) in [5.41, 5.74) is 0. The summed E-state index contributed by atoms with van der Waals surface area (Å²) >= 11 is 0. The lowest BCUT2D eigenvalue weighted by atomic mass is 9.94. The van der Waals surface area contributed by atoms with Crippen molar-refractivity contribution in [1.82, 2.24) is 0 Å². The first-order chi connectivity index (χ1) is 14.8. The van der Waals surface area contributed by atoms with Crippen molar-refractivity contribution in [3.05, 3.63) is 0 Å². The molecule has 0 radical (unpaired) electrons. The van der Waals surface area contributed by atoms with Gasteiger partial charge in [-0.15, -0.1) is 0 Å². The van der Waals surface area contributed by atoms with Crippen molar-refractivity contribution in [2.24, 2.45) is 5.92 Å². The molecule has 0 rings (SSSR count). The molecule has 0 bridgehead atoms. The Labute approximate surface area is 188 Å². The van der Waals surface area contributed by atoms with Crippen LogP contribution in [-0.4, -0.2) is 33.7 Å². The van der Waals surface area contributed by atoms with E-state index < -0.39 is 17.9 Å². The SMILES string of the molecule is CC(=O)CC[C@H](CC(=O)CCCCCCCCCCCCCCCCC(=O)O)C(=O)O. The molecule has 0 saturated heterocycles. The van der Waals surface area contributed by atoms with E-state index in [4.69, 9.17) is 5.11 Å². The number of aliphatic carboxylic acids is 2. The zero-order chi connectivity index (χ0) is 23.3. The molecule has 0 amide bonds. The maximum Gasteiger partial charge on any atom is 0.306 e. The zero-order valence-electron chi connectivity index (χ0n) is 19.5. The summed E-state index contributed by atoms with van der Waals surface area (Å²) in [6, 6.07) is 0. The fourth-order valence-corrected chi connectivity index (χ4v) is 3.79. The third-order valence-corrected chi connectivity index (χ3v) is 5.76. The number of carbonyl (C=O) groups excluding carboxylic acids is 2. The highest BCUT2D eigenvalue weighted by molar-refractivity contribution is 5.84. The van der Waals surface area contributed by atoms with Gasteiger partial charge in [0.25, 0.3) is 0 Å². The molecule has 1 atom stereocenters. The van der Waals surface area contributed by atoms with Gasteiger partial charge >= 0.3 is 11.9 Å². The minimum absolute atomic E-state index is 0.00200. The van der Waals surface area contributed by atoms with Gasteiger partial charge < -0.3 is 15.0 Å². The molecule has 0 fully saturated rings. The van der Waals surface area contributed by atoms with Gasteiger partial charge in [-0.1, -0.05) is 77.0 Å². The number of carboxylic acid groups (broad SMARTS) is 2. The van der Waals surface area contributed by atoms with Crippen molar-refractivity contribution in [2.45, 2.75) is 129 Å². The topological polar surface area (TPSA) is 109 Å². The van der Waals surface area contributed by atoms with Crippen molar-refractivity contribution < 1.29 is 29.4 Å². The first-order valence-corrected chi connectivity index (χ1v) is 12.3. The van der Waals surface area contributed by atoms with E-state index in [2.05, 4.69) is 0 Å². The monoisotopic (exact) mass is 440 g/mol. The molecular weight excluding hydrogens is 396 g/mol. The fourth-order valence-electron chi connectivity index (χ4n) is 3.79. The minimum Gasteiger partial charge on any atom is -0.481 e. The second-order valence-electron chi connectivity index (χ2n) is 8.86. The number of hydrogen-bond acceptors (Lipinski definition) is 4. The molecule has 6 nitrogen and oxygen atoms in total. The number of rotatable bonds is 23. The van der Waals surface area contributed by atoms with Crippen molar-refractivity contribution >= 4 is 23.5 Å². The molecule has 2 N–H and O–H groups in total. The third kappa shape index (κ3) is 21.3. The van der Waals surface area contributed by atoms with E-state index in [0.717, 1.165) is 38.5 Å². The molecular formula is C25H44O6. The standard InChI is InChI=1S/C25H44O6/c1-21(26)18-19-22(25(30)31)20-23(27)16-14-12-10-8-6-4-2-3-5-7-9-11-13-15-17-24(28)29/h22H,2-20H2,1H3,(H,28,29)(H,30,31)/t22-/m1/s1. The molecule has 180 valence electrons. The third-order valence-electron chi connectivity index (χ3n) is 5.76. The van der Waals surface area contributed by atoms with Gasteiger partial charge in [0.15, 0.2) is 0 Å². The van der Waals surface area contributed by atoms with Crippen LogP contribution in [0, 0.1) is 5.92 Å². The Bertz CT molecular complexity index is 514. The summed E-state index contributed by atoms with van der Waals surface area (Å²) in [5, 5.41) is 17.7. The van der Waals surface area contributed by atoms with Crippen LogP contribution in [0.5, 0.6) is 0 Å². The second kappa shape index (κ2) is 20.2. The average Bonchev–Trinajstić information content (AvgIpc) is 2.70. The van der Waals surface area contributed by atoms with E-state index in [1.165, 1.54) is 58.3 Å². The largest absolute Gasteiger partial charge is 0.481 e. The predicted octanol–water partition coefficient (Wildman–Crippen LogP) is 6.34. The summed E-state index contributed by atoms with van der Waals surface area (Å²) in [6.45, 7) is 1.44. The van der Waals surface area contributed by atoms with Gasteiger partial charge in [0.05, 0.1) is 5.92 Å². The Morgan fingerprint density at radius 2 is 0.968 bits per heavy atom. The summed E-state index contributed by atoms with van der Waals surface area (Å²) in [6.07, 6.45) is 17.1. The molecule has 0 saturated carbocycles. The van der Waals surface area contributed by atoms with Crippen molar-refractivity contribution in [1.29, 1.82) is 0 Å². The van der Waals surface area contributed by atoms with E-state index in [1.807, 2.05) is 0 Å². The number of carboxylic acids is 2. The molecule has 0 unspecified atom stereocenters. The lowest BCUT2D eigenvalue weighted by Gasteiger charge is -2.10. The Morgan fingerprint density at radius 3 is 1.32 bits per heavy atom. The van der Waals surface area contributed by atoms with Gasteiger partial charge in [0, 0.05) is 25.7 Å². The summed E-state index contributed by atoms with van der Waals surface area (Å²) in [4.78, 5) is 44.6. The van der Waals surface area contributed by atoms with Crippen molar-refractivity contribution in [2.75, 3.05) is 0 Å². The van der Waals surface area contributed by atoms with Crippen LogP contribution in [0.1, 0.15) is 129 Å². The lowest BCUT2D eigenvalue weighted by Crippen LogP contribution is -2.18. The first kappa shape index (κ1) is 29.3. The van der Waals surface area contributed by atoms with Gasteiger partial charge in [-0.05, 0) is 26.2 Å². The van der Waals surface area contributed by atoms with Crippen LogP contribution in [0.3, 0.4) is 0 Å². The van der Waals surface area contributed by atoms with E-state index in [-0.39, 0.29) is 30.8 Å². The first-order valence-electron chi connectivity index (χ1n) is 12.3. The van der Waals surface area contributed by atoms with Gasteiger partial charge in [0.1, 0.15) is 11.6 Å². The highest BCUT2D eigenvalue weighted by atomic mass is 16.4. The van der Waals surface area contributed by atoms with E-state index in [9.17, 15) is 24.3 Å². The highest BCUT2D eigenvalue weighted by Crippen LogP contribution is 2.17. The Morgan fingerprint density at radius 1 is 0.581 bits per heavy atom. The molecule has 0 aromatic carbocycles. The maximum atomic E-state index is 12.0. The molecule has 0 aromatic rings. The number of unbranched alkanes of at least 4 members (excludes halogenated alkanes) is 13. The molecule has 0 aromatic heterocycles. The number of carbonyl (C=O) groups is 4. The number of Topliss-reactive ketones (excluding diaryl/α,β-unsaturated/α-hetero) is 2. The number of hydrogen-bond donors (Lipinski definition) is 2. The normalized spacial score (nSPS) is 11.9. The Hall–Kier alpha value is -1.72. The van der Waals surface area contributed by atoms with Crippen LogP contribution in [0.25, 0.3) is 0 Å². The van der Waals surface area contributed by atoms with Crippen LogP contribution in [-0.2, 0) is 19.2 Å². The molecule has 0 aliphatic rings. The summed E-state index contributed by atoms with van der Waals surface area (Å²) < 4.78 is 0. The predicted molar refractivity (Wildman–Crippen MR) is 122 cm³/mol. The van der Waals surface area contributed by atoms with Crippen molar-refractivity contribution in [3.63, 3.8) is 0 Å². The van der Waals surface area contributed by atoms with Gasteiger partial charge in [-0.3, -0.25) is 14.4 Å². The zero-order valence-corrected chi connectivity index (χ0v) is 19.5. The van der Waals surface area contributed by atoms with Crippen LogP contribution in [0.4, 0.5) is 0 Å². The fraction of sp³-hybridized carbons (Fsp3) is 0.840. The molecule has 6 heteroatoms. The summed E-state index contributed by atoms with van der Waals surface area (Å²) in [7, 11) is 0. The van der Waals surface area contributed by atoms with Crippen LogP contribution < -0.4 is 0 Å². The Kier molecular flexibility index (Phi) is 19.1. The minimum atomic E-state index is -0.981. The maximum absolute atomic E-state index is 12.0. The molecule has 0 heterocycles. The van der Waals surface area contributed by atoms with E-state index in [0.29, 0.717) is 12.8 Å². The van der Waals surface area contributed by atoms with Gasteiger partial charge in [-0.25, -0.2) is 0 Å². The highest BCUT2D eigenvalue weighted by Gasteiger charge is 2.21. The smallest absolute Gasteiger partial charge is 0.306 e. The van der Waals surface area contributed by atoms with Crippen LogP contribution in [0.15, 0.2) is 0 Å². The van der Waals surface area contributed by atoms with Crippen LogP contribution >= 0.6 is 0 Å². The lowest BCUT2D eigenvalue weighted by molar-refractivity contribution is -0.144. The molecule has 0 aliphatic heterocycles. The molecule has 0 aliphatic carbocycles. The summed E-state index contributed by atoms with van der Waals surface area (Å²) in [5.74, 6) is -2.44. The van der Waals surface area contributed by atoms with E-state index in [1.54, 1.807) is 0 Å². The molecule has 31 heavy (non-hydrogen) atoms. The molecule has 0 spiro atoms. The number of ketones is 2. The Balaban J connectivity index is 3.43. The quantitative estimate of drug-likeness (QED) is 0.179. The van der Waals surface area contributed by atoms with Gasteiger partial charge in [0.2, 0.25) is 0 Å². The van der Waals surface area contributed by atoms with Crippen molar-refractivity contribution in [3.8, 4) is 0 Å². The van der Waals surface area contributed by atoms with Crippen LogP contribution in [0.2, 0.25) is 0 Å². The van der Waals surface area contributed by atoms with Gasteiger partial charge in [-0.2, -0.15) is 0 Å².